The van der Waals surface area contributed by atoms with Crippen LogP contribution in [0, 0.1) is 0 Å². The van der Waals surface area contributed by atoms with E-state index >= 15 is 0 Å². The molecule has 6 nitrogen and oxygen atoms in total. The van der Waals surface area contributed by atoms with Gasteiger partial charge in [0, 0.05) is 37.3 Å². The van der Waals surface area contributed by atoms with Gasteiger partial charge in [-0.25, -0.2) is 8.42 Å². The molecule has 0 aliphatic carbocycles. The molecular formula is C10H18N4O2S2. The lowest BCUT2D eigenvalue weighted by molar-refractivity contribution is 0.443. The van der Waals surface area contributed by atoms with Crippen molar-refractivity contribution < 1.29 is 8.42 Å². The second-order valence-corrected chi connectivity index (χ2v) is 7.22. The zero-order valence-electron chi connectivity index (χ0n) is 10.4. The van der Waals surface area contributed by atoms with Crippen molar-refractivity contribution in [3.63, 3.8) is 0 Å². The van der Waals surface area contributed by atoms with Crippen molar-refractivity contribution in [2.45, 2.75) is 11.4 Å². The van der Waals surface area contributed by atoms with Crippen LogP contribution in [0.5, 0.6) is 0 Å². The lowest BCUT2D eigenvalue weighted by Gasteiger charge is -2.24. The summed E-state index contributed by atoms with van der Waals surface area (Å²) in [6.45, 7) is 2.62. The van der Waals surface area contributed by atoms with Crippen LogP contribution in [0.4, 0.5) is 0 Å². The second-order valence-electron chi connectivity index (χ2n) is 4.06. The van der Waals surface area contributed by atoms with Crippen LogP contribution in [0.3, 0.4) is 0 Å². The minimum Gasteiger partial charge on any atom is -0.318 e. The van der Waals surface area contributed by atoms with Crippen LogP contribution in [0.1, 0.15) is 0 Å². The number of aromatic nitrogens is 2. The average molecular weight is 290 g/mol. The van der Waals surface area contributed by atoms with Gasteiger partial charge in [-0.05, 0) is 7.05 Å². The predicted molar refractivity (Wildman–Crippen MR) is 72.2 cm³/mol. The first-order valence-electron chi connectivity index (χ1n) is 5.89. The number of nitrogens with zero attached hydrogens (tertiary/aromatic N) is 3. The normalized spacial score (nSPS) is 18.1. The molecule has 1 aliphatic rings. The zero-order valence-corrected chi connectivity index (χ0v) is 12.0. The smallest absolute Gasteiger partial charge is 0.246 e. The van der Waals surface area contributed by atoms with Gasteiger partial charge in [-0.2, -0.15) is 21.2 Å². The third-order valence-corrected chi connectivity index (χ3v) is 5.60. The number of sulfonamides is 1. The number of rotatable bonds is 5. The van der Waals surface area contributed by atoms with Crippen molar-refractivity contribution >= 4 is 21.8 Å². The first-order chi connectivity index (χ1) is 8.64. The fraction of sp³-hybridized carbons (Fsp3) is 0.700. The van der Waals surface area contributed by atoms with Crippen LogP contribution in [0.25, 0.3) is 0 Å². The third kappa shape index (κ3) is 3.05. The average Bonchev–Trinajstić information content (AvgIpc) is 2.87. The van der Waals surface area contributed by atoms with Crippen molar-refractivity contribution in [1.29, 1.82) is 0 Å². The van der Waals surface area contributed by atoms with E-state index in [1.807, 2.05) is 7.05 Å². The fourth-order valence-electron chi connectivity index (χ4n) is 1.76. The Morgan fingerprint density at radius 2 is 2.17 bits per heavy atom. The predicted octanol–water partition coefficient (Wildman–Crippen LogP) is -0.160. The van der Waals surface area contributed by atoms with Crippen molar-refractivity contribution in [2.24, 2.45) is 0 Å². The van der Waals surface area contributed by atoms with Crippen LogP contribution < -0.4 is 5.32 Å². The van der Waals surface area contributed by atoms with Gasteiger partial charge in [-0.15, -0.1) is 0 Å². The van der Waals surface area contributed by atoms with Crippen molar-refractivity contribution in [3.8, 4) is 0 Å². The second kappa shape index (κ2) is 6.05. The molecule has 1 fully saturated rings. The molecule has 1 aromatic rings. The number of nitrogens with one attached hydrogen (secondary N) is 1. The molecule has 1 aliphatic heterocycles. The van der Waals surface area contributed by atoms with Gasteiger partial charge in [0.05, 0.1) is 12.7 Å². The topological polar surface area (TPSA) is 67.2 Å². The Hall–Kier alpha value is -0.570. The molecular weight excluding hydrogens is 272 g/mol. The van der Waals surface area contributed by atoms with Gasteiger partial charge in [0.2, 0.25) is 10.0 Å². The highest BCUT2D eigenvalue weighted by Gasteiger charge is 2.27. The van der Waals surface area contributed by atoms with Crippen LogP contribution in [0.15, 0.2) is 17.3 Å². The lowest BCUT2D eigenvalue weighted by Crippen LogP contribution is -2.37. The molecule has 18 heavy (non-hydrogen) atoms. The highest BCUT2D eigenvalue weighted by Crippen LogP contribution is 2.19. The molecule has 0 amide bonds. The molecule has 2 heterocycles. The van der Waals surface area contributed by atoms with Gasteiger partial charge < -0.3 is 5.32 Å². The monoisotopic (exact) mass is 290 g/mol. The standard InChI is InChI=1S/C10H18N4O2S2/c1-11-2-3-13-9-10(8-12-13)18(15,16)14-4-6-17-7-5-14/h8-9,11H,2-7H2,1H3. The molecule has 1 N–H and O–H groups in total. The molecule has 0 saturated carbocycles. The molecule has 0 radical (unpaired) electrons. The van der Waals surface area contributed by atoms with E-state index in [0.717, 1.165) is 18.1 Å². The van der Waals surface area contributed by atoms with Gasteiger partial charge in [-0.1, -0.05) is 0 Å². The summed E-state index contributed by atoms with van der Waals surface area (Å²) in [6.07, 6.45) is 3.04. The summed E-state index contributed by atoms with van der Waals surface area (Å²) in [5.74, 6) is 1.74. The Bertz CT molecular complexity index is 480. The minimum atomic E-state index is -3.35. The number of thioether (sulfide) groups is 1. The Labute approximate surface area is 112 Å². The number of hydrogen-bond acceptors (Lipinski definition) is 5. The van der Waals surface area contributed by atoms with Crippen LogP contribution in [-0.2, 0) is 16.6 Å². The Morgan fingerprint density at radius 1 is 1.44 bits per heavy atom. The molecule has 1 aromatic heterocycles. The van der Waals surface area contributed by atoms with Crippen molar-refractivity contribution in [2.75, 3.05) is 38.2 Å². The van der Waals surface area contributed by atoms with Gasteiger partial charge >= 0.3 is 0 Å². The highest BCUT2D eigenvalue weighted by atomic mass is 32.2. The van der Waals surface area contributed by atoms with E-state index < -0.39 is 10.0 Å². The first kappa shape index (κ1) is 13.9. The molecule has 8 heteroatoms. The highest BCUT2D eigenvalue weighted by molar-refractivity contribution is 7.99. The van der Waals surface area contributed by atoms with Crippen LogP contribution in [0.2, 0.25) is 0 Å². The van der Waals surface area contributed by atoms with Crippen LogP contribution >= 0.6 is 11.8 Å². The quantitative estimate of drug-likeness (QED) is 0.816. The summed E-state index contributed by atoms with van der Waals surface area (Å²) in [6, 6.07) is 0. The van der Waals surface area contributed by atoms with E-state index in [-0.39, 0.29) is 0 Å². The van der Waals surface area contributed by atoms with Crippen molar-refractivity contribution in [1.82, 2.24) is 19.4 Å². The van der Waals surface area contributed by atoms with E-state index in [9.17, 15) is 8.42 Å². The molecule has 2 rings (SSSR count). The summed E-state index contributed by atoms with van der Waals surface area (Å²) in [5.41, 5.74) is 0. The summed E-state index contributed by atoms with van der Waals surface area (Å²) >= 11 is 1.79. The van der Waals surface area contributed by atoms with E-state index in [4.69, 9.17) is 0 Å². The van der Waals surface area contributed by atoms with Gasteiger partial charge in [0.25, 0.3) is 0 Å². The SMILES string of the molecule is CNCCn1cc(S(=O)(=O)N2CCSCC2)cn1. The Kier molecular flexibility index (Phi) is 4.66. The molecule has 0 atom stereocenters. The first-order valence-corrected chi connectivity index (χ1v) is 8.49. The van der Waals surface area contributed by atoms with E-state index in [1.54, 1.807) is 26.9 Å². The molecule has 102 valence electrons. The molecule has 0 aromatic carbocycles. The maximum Gasteiger partial charge on any atom is 0.246 e. The van der Waals surface area contributed by atoms with Gasteiger partial charge in [0.1, 0.15) is 4.90 Å². The summed E-state index contributed by atoms with van der Waals surface area (Å²) < 4.78 is 27.8. The fourth-order valence-corrected chi connectivity index (χ4v) is 4.29. The maximum atomic E-state index is 12.3. The van der Waals surface area contributed by atoms with Gasteiger partial charge in [-0.3, -0.25) is 4.68 Å². The molecule has 0 unspecified atom stereocenters. The number of hydrogen-bond donors (Lipinski definition) is 1. The molecule has 1 saturated heterocycles. The Morgan fingerprint density at radius 3 is 2.83 bits per heavy atom. The molecule has 0 bridgehead atoms. The maximum absolute atomic E-state index is 12.3. The Balaban J connectivity index is 2.11. The third-order valence-electron chi connectivity index (χ3n) is 2.81. The van der Waals surface area contributed by atoms with E-state index in [1.165, 1.54) is 6.20 Å². The number of likely N-dealkylation sites (N-methyl/N-ethyl adjacent to an activating group) is 1. The summed E-state index contributed by atoms with van der Waals surface area (Å²) in [4.78, 5) is 0.297. The van der Waals surface area contributed by atoms with E-state index in [0.29, 0.717) is 24.5 Å². The lowest BCUT2D eigenvalue weighted by atomic mass is 10.6. The summed E-state index contributed by atoms with van der Waals surface area (Å²) in [5, 5.41) is 7.08. The molecule has 0 spiro atoms. The van der Waals surface area contributed by atoms with Gasteiger partial charge in [0.15, 0.2) is 0 Å². The zero-order chi connectivity index (χ0) is 13.0. The minimum absolute atomic E-state index is 0.297. The largest absolute Gasteiger partial charge is 0.318 e. The van der Waals surface area contributed by atoms with E-state index in [2.05, 4.69) is 10.4 Å². The van der Waals surface area contributed by atoms with Crippen LogP contribution in [-0.4, -0.2) is 60.7 Å². The van der Waals surface area contributed by atoms with Crippen molar-refractivity contribution in [3.05, 3.63) is 12.4 Å². The summed E-state index contributed by atoms with van der Waals surface area (Å²) in [7, 11) is -1.50.